The third kappa shape index (κ3) is 3.11. The molecule has 0 aliphatic heterocycles. The average molecular weight is 459 g/mol. The van der Waals surface area contributed by atoms with Gasteiger partial charge in [-0.15, -0.1) is 0 Å². The van der Waals surface area contributed by atoms with E-state index in [-0.39, 0.29) is 15.6 Å². The highest BCUT2D eigenvalue weighted by Crippen LogP contribution is 2.64. The van der Waals surface area contributed by atoms with Crippen molar-refractivity contribution in [3.05, 3.63) is 29.5 Å². The summed E-state index contributed by atoms with van der Waals surface area (Å²) in [5, 5.41) is 4.04. The summed E-state index contributed by atoms with van der Waals surface area (Å²) >= 11 is 3.99. The Morgan fingerprint density at radius 2 is 1.97 bits per heavy atom. The molecule has 1 aromatic carbocycles. The molecule has 4 fully saturated rings. The summed E-state index contributed by atoms with van der Waals surface area (Å²) in [6.45, 7) is 4.09. The predicted octanol–water partition coefficient (Wildman–Crippen LogP) is 5.33. The van der Waals surface area contributed by atoms with E-state index >= 15 is 0 Å². The Hall–Kier alpha value is -1.82. The molecule has 5 nitrogen and oxygen atoms in total. The third-order valence-electron chi connectivity index (χ3n) is 7.14. The second-order valence-corrected chi connectivity index (χ2v) is 11.2. The van der Waals surface area contributed by atoms with Crippen LogP contribution in [0.3, 0.4) is 0 Å². The van der Waals surface area contributed by atoms with Crippen molar-refractivity contribution in [3.63, 3.8) is 0 Å². The number of H-pyrrole nitrogens is 1. The monoisotopic (exact) mass is 458 g/mol. The fraction of sp³-hybridized carbons (Fsp3) is 0.565. The maximum atomic E-state index is 13.7. The van der Waals surface area contributed by atoms with Gasteiger partial charge in [-0.05, 0) is 76.3 Å². The molecule has 0 spiro atoms. The fourth-order valence-corrected chi connectivity index (χ4v) is 7.91. The topological polar surface area (TPSA) is 71.2 Å². The largest absolute Gasteiger partial charge is 0.461 e. The van der Waals surface area contributed by atoms with Crippen molar-refractivity contribution < 1.29 is 14.3 Å². The molecule has 6 heteroatoms. The Morgan fingerprint density at radius 3 is 2.62 bits per heavy atom. The van der Waals surface area contributed by atoms with Gasteiger partial charge < -0.3 is 15.0 Å². The van der Waals surface area contributed by atoms with Crippen molar-refractivity contribution in [1.29, 1.82) is 0 Å². The van der Waals surface area contributed by atoms with Crippen LogP contribution in [-0.2, 0) is 9.53 Å². The van der Waals surface area contributed by atoms with Crippen LogP contribution in [0.1, 0.15) is 61.5 Å². The molecule has 4 bridgehead atoms. The van der Waals surface area contributed by atoms with Crippen LogP contribution in [0, 0.1) is 24.2 Å². The number of amides is 1. The Bertz CT molecular complexity index is 997. The first-order valence-corrected chi connectivity index (χ1v) is 11.4. The number of fused-ring (bicyclic) bond motifs is 1. The van der Waals surface area contributed by atoms with Crippen LogP contribution in [0.15, 0.2) is 18.2 Å². The van der Waals surface area contributed by atoms with E-state index in [1.807, 2.05) is 25.1 Å². The third-order valence-corrected chi connectivity index (χ3v) is 8.07. The van der Waals surface area contributed by atoms with Gasteiger partial charge in [0, 0.05) is 15.2 Å². The van der Waals surface area contributed by atoms with Gasteiger partial charge in [-0.25, -0.2) is 4.79 Å². The number of carbonyl (C=O) groups excluding carboxylic acids is 2. The summed E-state index contributed by atoms with van der Waals surface area (Å²) in [5.41, 5.74) is 2.46. The van der Waals surface area contributed by atoms with Crippen LogP contribution < -0.4 is 5.32 Å². The lowest BCUT2D eigenvalue weighted by atomic mass is 9.49. The Labute approximate surface area is 179 Å². The van der Waals surface area contributed by atoms with Crippen molar-refractivity contribution in [2.24, 2.45) is 17.3 Å². The molecular weight excluding hydrogens is 432 g/mol. The van der Waals surface area contributed by atoms with E-state index in [1.165, 1.54) is 19.3 Å². The number of benzene rings is 1. The SMILES string of the molecule is CCOC(=O)c1[nH]c2ccc(C)cc2c1NC(=O)C12CC3CC(CC(Br)(C3)C1)C2. The first-order valence-electron chi connectivity index (χ1n) is 10.6. The number of carbonyl (C=O) groups is 2. The standard InChI is InChI=1S/C23H27BrN2O3/c1-3-29-20(27)19-18(16-6-13(2)4-5-17(16)25-19)26-21(28)22-8-14-7-15(9-22)11-23(24,10-14)12-22/h4-6,14-15,25H,3,7-12H2,1-2H3,(H,26,28). The lowest BCUT2D eigenvalue weighted by Gasteiger charge is -2.59. The average Bonchev–Trinajstić information content (AvgIpc) is 2.98. The number of nitrogens with one attached hydrogen (secondary N) is 2. The zero-order chi connectivity index (χ0) is 20.4. The summed E-state index contributed by atoms with van der Waals surface area (Å²) < 4.78 is 5.35. The lowest BCUT2D eigenvalue weighted by Crippen LogP contribution is -2.57. The fourth-order valence-electron chi connectivity index (χ4n) is 6.45. The van der Waals surface area contributed by atoms with Gasteiger partial charge in [-0.3, -0.25) is 4.79 Å². The van der Waals surface area contributed by atoms with Crippen LogP contribution in [0.25, 0.3) is 10.9 Å². The highest BCUT2D eigenvalue weighted by Gasteiger charge is 2.59. The highest BCUT2D eigenvalue weighted by atomic mass is 79.9. The van der Waals surface area contributed by atoms with E-state index in [1.54, 1.807) is 6.92 Å². The minimum absolute atomic E-state index is 0.0587. The summed E-state index contributed by atoms with van der Waals surface area (Å²) in [6.07, 6.45) is 6.41. The predicted molar refractivity (Wildman–Crippen MR) is 116 cm³/mol. The zero-order valence-corrected chi connectivity index (χ0v) is 18.5. The second kappa shape index (κ2) is 6.59. The first-order chi connectivity index (χ1) is 13.8. The van der Waals surface area contributed by atoms with E-state index in [4.69, 9.17) is 4.74 Å². The first kappa shape index (κ1) is 19.2. The Kier molecular flexibility index (Phi) is 4.36. The molecule has 2 N–H and O–H groups in total. The number of rotatable bonds is 4. The number of aromatic amines is 1. The van der Waals surface area contributed by atoms with Crippen LogP contribution in [0.2, 0.25) is 0 Å². The highest BCUT2D eigenvalue weighted by molar-refractivity contribution is 9.10. The minimum atomic E-state index is -0.431. The molecule has 4 aliphatic rings. The molecule has 6 rings (SSSR count). The van der Waals surface area contributed by atoms with Crippen LogP contribution in [0.4, 0.5) is 5.69 Å². The van der Waals surface area contributed by atoms with E-state index in [0.29, 0.717) is 29.8 Å². The van der Waals surface area contributed by atoms with E-state index in [2.05, 4.69) is 26.2 Å². The smallest absolute Gasteiger partial charge is 0.356 e. The summed E-state index contributed by atoms with van der Waals surface area (Å²) in [6, 6.07) is 5.95. The quantitative estimate of drug-likeness (QED) is 0.480. The van der Waals surface area contributed by atoms with Gasteiger partial charge in [-0.2, -0.15) is 0 Å². The van der Waals surface area contributed by atoms with E-state index in [0.717, 1.165) is 35.7 Å². The van der Waals surface area contributed by atoms with E-state index in [9.17, 15) is 9.59 Å². The maximum Gasteiger partial charge on any atom is 0.356 e. The van der Waals surface area contributed by atoms with Gasteiger partial charge in [0.1, 0.15) is 5.69 Å². The number of alkyl halides is 1. The number of aromatic nitrogens is 1. The van der Waals surface area contributed by atoms with E-state index < -0.39 is 5.97 Å². The molecule has 0 saturated heterocycles. The molecule has 2 unspecified atom stereocenters. The van der Waals surface area contributed by atoms with Gasteiger partial charge in [0.15, 0.2) is 0 Å². The lowest BCUT2D eigenvalue weighted by molar-refractivity contribution is -0.138. The van der Waals surface area contributed by atoms with Crippen LogP contribution in [0.5, 0.6) is 0 Å². The molecule has 1 heterocycles. The van der Waals surface area contributed by atoms with Crippen molar-refractivity contribution in [3.8, 4) is 0 Å². The van der Waals surface area contributed by atoms with Gasteiger partial charge in [0.2, 0.25) is 5.91 Å². The van der Waals surface area contributed by atoms with Gasteiger partial charge in [-0.1, -0.05) is 27.6 Å². The van der Waals surface area contributed by atoms with Crippen LogP contribution >= 0.6 is 15.9 Å². The molecule has 0 radical (unpaired) electrons. The van der Waals surface area contributed by atoms with Gasteiger partial charge in [0.05, 0.1) is 17.7 Å². The summed E-state index contributed by atoms with van der Waals surface area (Å²) in [7, 11) is 0. The number of hydrogen-bond acceptors (Lipinski definition) is 3. The summed E-state index contributed by atoms with van der Waals surface area (Å²) in [4.78, 5) is 29.4. The number of halogens is 1. The number of anilines is 1. The molecular formula is C23H27BrN2O3. The molecule has 2 aromatic rings. The number of esters is 1. The minimum Gasteiger partial charge on any atom is -0.461 e. The van der Waals surface area contributed by atoms with Crippen molar-refractivity contribution in [2.75, 3.05) is 11.9 Å². The molecule has 1 aromatic heterocycles. The van der Waals surface area contributed by atoms with Crippen molar-refractivity contribution in [1.82, 2.24) is 4.98 Å². The number of aryl methyl sites for hydroxylation is 1. The zero-order valence-electron chi connectivity index (χ0n) is 16.9. The second-order valence-electron chi connectivity index (χ2n) is 9.49. The summed E-state index contributed by atoms with van der Waals surface area (Å²) in [5.74, 6) is 0.870. The maximum absolute atomic E-state index is 13.7. The molecule has 4 aliphatic carbocycles. The van der Waals surface area contributed by atoms with Gasteiger partial charge >= 0.3 is 5.97 Å². The Balaban J connectivity index is 1.53. The number of hydrogen-bond donors (Lipinski definition) is 2. The Morgan fingerprint density at radius 1 is 1.24 bits per heavy atom. The normalized spacial score (nSPS) is 32.5. The molecule has 29 heavy (non-hydrogen) atoms. The van der Waals surface area contributed by atoms with Crippen LogP contribution in [-0.4, -0.2) is 27.8 Å². The van der Waals surface area contributed by atoms with Crippen molar-refractivity contribution in [2.45, 2.75) is 56.7 Å². The molecule has 2 atom stereocenters. The molecule has 154 valence electrons. The molecule has 1 amide bonds. The number of ether oxygens (including phenoxy) is 1. The van der Waals surface area contributed by atoms with Gasteiger partial charge in [0.25, 0.3) is 0 Å². The molecule has 4 saturated carbocycles. The van der Waals surface area contributed by atoms with Crippen molar-refractivity contribution >= 4 is 44.4 Å².